The number of rotatable bonds is 5. The van der Waals surface area contributed by atoms with Crippen molar-refractivity contribution in [3.8, 4) is 10.6 Å². The van der Waals surface area contributed by atoms with E-state index in [1.807, 2.05) is 25.1 Å². The van der Waals surface area contributed by atoms with Gasteiger partial charge in [0.2, 0.25) is 0 Å². The smallest absolute Gasteiger partial charge is 0.322 e. The van der Waals surface area contributed by atoms with Gasteiger partial charge < -0.3 is 4.74 Å². The summed E-state index contributed by atoms with van der Waals surface area (Å²) in [6.45, 7) is 6.43. The molecule has 5 nitrogen and oxygen atoms in total. The standard InChI is InChI=1S/C18H23N3O2S/c1-14(18(22)23-2)21-10-8-20(9-11-21)12-16-13-24-17(19-16)15-6-4-3-5-7-15/h3-7,13-14H,8-12H2,1-2H3. The topological polar surface area (TPSA) is 45.7 Å². The molecule has 24 heavy (non-hydrogen) atoms. The number of ether oxygens (including phenoxy) is 1. The van der Waals surface area contributed by atoms with Crippen molar-refractivity contribution in [3.05, 3.63) is 41.4 Å². The molecule has 1 aliphatic heterocycles. The van der Waals surface area contributed by atoms with Crippen LogP contribution in [0.5, 0.6) is 0 Å². The van der Waals surface area contributed by atoms with Crippen LogP contribution in [-0.4, -0.2) is 60.1 Å². The number of methoxy groups -OCH3 is 1. The summed E-state index contributed by atoms with van der Waals surface area (Å²) in [5.41, 5.74) is 2.29. The van der Waals surface area contributed by atoms with Crippen molar-refractivity contribution < 1.29 is 9.53 Å². The van der Waals surface area contributed by atoms with Gasteiger partial charge in [0.05, 0.1) is 12.8 Å². The third-order valence-electron chi connectivity index (χ3n) is 4.45. The molecule has 2 aromatic rings. The third kappa shape index (κ3) is 4.01. The predicted octanol–water partition coefficient (Wildman–Crippen LogP) is 2.49. The number of benzene rings is 1. The van der Waals surface area contributed by atoms with Crippen LogP contribution in [0.4, 0.5) is 0 Å². The zero-order chi connectivity index (χ0) is 16.9. The zero-order valence-corrected chi connectivity index (χ0v) is 15.0. The Morgan fingerprint density at radius 3 is 2.62 bits per heavy atom. The van der Waals surface area contributed by atoms with E-state index in [9.17, 15) is 4.79 Å². The van der Waals surface area contributed by atoms with Crippen LogP contribution in [0.1, 0.15) is 12.6 Å². The van der Waals surface area contributed by atoms with Crippen LogP contribution in [0.2, 0.25) is 0 Å². The Morgan fingerprint density at radius 2 is 1.96 bits per heavy atom. The van der Waals surface area contributed by atoms with E-state index in [0.717, 1.165) is 43.4 Å². The largest absolute Gasteiger partial charge is 0.468 e. The first-order chi connectivity index (χ1) is 11.7. The van der Waals surface area contributed by atoms with E-state index < -0.39 is 0 Å². The normalized spacial score (nSPS) is 17.6. The van der Waals surface area contributed by atoms with Gasteiger partial charge in [-0.15, -0.1) is 11.3 Å². The fourth-order valence-electron chi connectivity index (χ4n) is 2.95. The van der Waals surface area contributed by atoms with Gasteiger partial charge in [0.1, 0.15) is 11.0 Å². The van der Waals surface area contributed by atoms with Crippen molar-refractivity contribution in [2.45, 2.75) is 19.5 Å². The minimum absolute atomic E-state index is 0.157. The van der Waals surface area contributed by atoms with Crippen molar-refractivity contribution in [2.75, 3.05) is 33.3 Å². The average molecular weight is 345 g/mol. The molecule has 6 heteroatoms. The highest BCUT2D eigenvalue weighted by atomic mass is 32.1. The Balaban J connectivity index is 1.54. The molecule has 1 aliphatic rings. The molecule has 1 atom stereocenters. The lowest BCUT2D eigenvalue weighted by molar-refractivity contribution is -0.147. The fraction of sp³-hybridized carbons (Fsp3) is 0.444. The summed E-state index contributed by atoms with van der Waals surface area (Å²) in [6.07, 6.45) is 0. The number of carbonyl (C=O) groups is 1. The van der Waals surface area contributed by atoms with E-state index in [1.165, 1.54) is 12.7 Å². The monoisotopic (exact) mass is 345 g/mol. The van der Waals surface area contributed by atoms with Gasteiger partial charge >= 0.3 is 5.97 Å². The van der Waals surface area contributed by atoms with Gasteiger partial charge in [-0.1, -0.05) is 30.3 Å². The Morgan fingerprint density at radius 1 is 1.25 bits per heavy atom. The number of esters is 1. The number of hydrogen-bond acceptors (Lipinski definition) is 6. The van der Waals surface area contributed by atoms with E-state index in [0.29, 0.717) is 0 Å². The number of carbonyl (C=O) groups excluding carboxylic acids is 1. The number of thiazole rings is 1. The van der Waals surface area contributed by atoms with Gasteiger partial charge in [-0.25, -0.2) is 4.98 Å². The fourth-order valence-corrected chi connectivity index (χ4v) is 3.77. The van der Waals surface area contributed by atoms with Crippen molar-refractivity contribution in [1.29, 1.82) is 0 Å². The summed E-state index contributed by atoms with van der Waals surface area (Å²) in [6, 6.07) is 10.1. The van der Waals surface area contributed by atoms with Crippen LogP contribution in [0.15, 0.2) is 35.7 Å². The average Bonchev–Trinajstić information content (AvgIpc) is 3.10. The maximum absolute atomic E-state index is 11.6. The van der Waals surface area contributed by atoms with Gasteiger partial charge in [0, 0.05) is 43.7 Å². The predicted molar refractivity (Wildman–Crippen MR) is 95.9 cm³/mol. The molecule has 1 unspecified atom stereocenters. The maximum atomic E-state index is 11.6. The molecule has 0 N–H and O–H groups in total. The van der Waals surface area contributed by atoms with Gasteiger partial charge in [-0.05, 0) is 6.92 Å². The number of nitrogens with zero attached hydrogens (tertiary/aromatic N) is 3. The molecule has 0 bridgehead atoms. The van der Waals surface area contributed by atoms with Crippen molar-refractivity contribution in [1.82, 2.24) is 14.8 Å². The third-order valence-corrected chi connectivity index (χ3v) is 5.40. The van der Waals surface area contributed by atoms with E-state index in [1.54, 1.807) is 11.3 Å². The molecule has 0 saturated carbocycles. The van der Waals surface area contributed by atoms with Gasteiger partial charge in [-0.3, -0.25) is 14.6 Å². The zero-order valence-electron chi connectivity index (χ0n) is 14.1. The number of hydrogen-bond donors (Lipinski definition) is 0. The Kier molecular flexibility index (Phi) is 5.60. The summed E-state index contributed by atoms with van der Waals surface area (Å²) in [5, 5.41) is 3.22. The molecule has 0 amide bonds. The van der Waals surface area contributed by atoms with Gasteiger partial charge in [0.25, 0.3) is 0 Å². The Hall–Kier alpha value is -1.76. The minimum atomic E-state index is -0.166. The second-order valence-corrected chi connectivity index (χ2v) is 6.88. The van der Waals surface area contributed by atoms with Crippen LogP contribution in [0.25, 0.3) is 10.6 Å². The van der Waals surface area contributed by atoms with Crippen LogP contribution >= 0.6 is 11.3 Å². The summed E-state index contributed by atoms with van der Waals surface area (Å²) in [5.74, 6) is -0.157. The lowest BCUT2D eigenvalue weighted by atomic mass is 10.2. The summed E-state index contributed by atoms with van der Waals surface area (Å²) >= 11 is 1.69. The highest BCUT2D eigenvalue weighted by molar-refractivity contribution is 7.13. The molecule has 1 aromatic carbocycles. The summed E-state index contributed by atoms with van der Waals surface area (Å²) < 4.78 is 4.83. The van der Waals surface area contributed by atoms with E-state index in [-0.39, 0.29) is 12.0 Å². The maximum Gasteiger partial charge on any atom is 0.322 e. The SMILES string of the molecule is COC(=O)C(C)N1CCN(Cc2csc(-c3ccccc3)n2)CC1. The lowest BCUT2D eigenvalue weighted by Gasteiger charge is -2.36. The minimum Gasteiger partial charge on any atom is -0.468 e. The van der Waals surface area contributed by atoms with E-state index in [2.05, 4.69) is 27.3 Å². The molecule has 0 spiro atoms. The van der Waals surface area contributed by atoms with Crippen LogP contribution in [0, 0.1) is 0 Å². The molecule has 3 rings (SSSR count). The second-order valence-electron chi connectivity index (χ2n) is 6.02. The number of piperazine rings is 1. The highest BCUT2D eigenvalue weighted by Crippen LogP contribution is 2.24. The molecular weight excluding hydrogens is 322 g/mol. The summed E-state index contributed by atoms with van der Waals surface area (Å²) in [7, 11) is 1.45. The van der Waals surface area contributed by atoms with Crippen LogP contribution in [0.3, 0.4) is 0 Å². The van der Waals surface area contributed by atoms with Crippen molar-refractivity contribution in [3.63, 3.8) is 0 Å². The molecular formula is C18H23N3O2S. The van der Waals surface area contributed by atoms with Crippen LogP contribution < -0.4 is 0 Å². The van der Waals surface area contributed by atoms with E-state index >= 15 is 0 Å². The molecule has 1 aromatic heterocycles. The summed E-state index contributed by atoms with van der Waals surface area (Å²) in [4.78, 5) is 21.0. The first-order valence-electron chi connectivity index (χ1n) is 8.21. The van der Waals surface area contributed by atoms with Crippen molar-refractivity contribution in [2.24, 2.45) is 0 Å². The van der Waals surface area contributed by atoms with E-state index in [4.69, 9.17) is 9.72 Å². The molecule has 1 fully saturated rings. The Bertz CT molecular complexity index is 666. The molecule has 128 valence electrons. The van der Waals surface area contributed by atoms with Gasteiger partial charge in [-0.2, -0.15) is 0 Å². The molecule has 2 heterocycles. The number of aromatic nitrogens is 1. The quantitative estimate of drug-likeness (QED) is 0.779. The molecule has 0 radical (unpaired) electrons. The molecule has 1 saturated heterocycles. The van der Waals surface area contributed by atoms with Gasteiger partial charge in [0.15, 0.2) is 0 Å². The Labute approximate surface area is 146 Å². The van der Waals surface area contributed by atoms with Crippen molar-refractivity contribution >= 4 is 17.3 Å². The lowest BCUT2D eigenvalue weighted by Crippen LogP contribution is -2.51. The first kappa shape index (κ1) is 17.1. The highest BCUT2D eigenvalue weighted by Gasteiger charge is 2.26. The molecule has 0 aliphatic carbocycles. The second kappa shape index (κ2) is 7.88. The first-order valence-corrected chi connectivity index (χ1v) is 9.09. The van der Waals surface area contributed by atoms with Crippen LogP contribution in [-0.2, 0) is 16.1 Å².